The lowest BCUT2D eigenvalue weighted by Crippen LogP contribution is -2.18. The third-order valence-corrected chi connectivity index (χ3v) is 7.78. The zero-order valence-corrected chi connectivity index (χ0v) is 17.9. The van der Waals surface area contributed by atoms with Gasteiger partial charge in [-0.05, 0) is 88.0 Å². The lowest BCUT2D eigenvalue weighted by atomic mass is 10.1. The number of carboxylic acids is 1. The Kier molecular flexibility index (Phi) is 6.35. The molecule has 24 heavy (non-hydrogen) atoms. The molecule has 0 atom stereocenters. The Bertz CT molecular complexity index is 850. The molecule has 2 aromatic carbocycles. The number of amides is 1. The Morgan fingerprint density at radius 1 is 0.875 bits per heavy atom. The molecule has 0 aliphatic rings. The summed E-state index contributed by atoms with van der Waals surface area (Å²) in [5, 5.41) is 12.1. The van der Waals surface area contributed by atoms with Crippen LogP contribution in [0.15, 0.2) is 42.2 Å². The van der Waals surface area contributed by atoms with Crippen molar-refractivity contribution in [1.29, 1.82) is 0 Å². The van der Waals surface area contributed by atoms with Crippen LogP contribution in [0.2, 0.25) is 0 Å². The number of hydrogen-bond donors (Lipinski definition) is 2. The zero-order valence-electron chi connectivity index (χ0n) is 11.6. The van der Waals surface area contributed by atoms with Crippen LogP contribution < -0.4 is 5.32 Å². The van der Waals surface area contributed by atoms with E-state index in [0.29, 0.717) is 31.0 Å². The van der Waals surface area contributed by atoms with Crippen molar-refractivity contribution >= 4 is 87.6 Å². The molecule has 2 aromatic rings. The van der Waals surface area contributed by atoms with Gasteiger partial charge in [-0.25, -0.2) is 4.79 Å². The van der Waals surface area contributed by atoms with Gasteiger partial charge in [0.05, 0.1) is 11.1 Å². The van der Waals surface area contributed by atoms with Gasteiger partial charge in [-0.2, -0.15) is 0 Å². The molecule has 1 amide bonds. The minimum Gasteiger partial charge on any atom is -0.478 e. The number of carbonyl (C=O) groups is 3. The van der Waals surface area contributed by atoms with Crippen LogP contribution in [0.25, 0.3) is 0 Å². The van der Waals surface area contributed by atoms with Gasteiger partial charge in [-0.15, -0.1) is 0 Å². The van der Waals surface area contributed by atoms with E-state index in [-0.39, 0.29) is 15.6 Å². The van der Waals surface area contributed by atoms with Gasteiger partial charge in [0.1, 0.15) is 6.29 Å². The Balaban J connectivity index is 2.51. The van der Waals surface area contributed by atoms with E-state index in [1.807, 2.05) is 0 Å². The van der Waals surface area contributed by atoms with E-state index in [9.17, 15) is 19.5 Å². The molecule has 0 aromatic heterocycles. The average Bonchev–Trinajstić information content (AvgIpc) is 2.56. The number of halogens is 4. The fourth-order valence-corrected chi connectivity index (χ4v) is 4.35. The first-order chi connectivity index (χ1) is 11.3. The van der Waals surface area contributed by atoms with E-state index in [4.69, 9.17) is 0 Å². The normalized spacial score (nSPS) is 10.3. The van der Waals surface area contributed by atoms with Crippen LogP contribution in [0.5, 0.6) is 0 Å². The predicted octanol–water partition coefficient (Wildman–Crippen LogP) is 5.50. The van der Waals surface area contributed by atoms with Crippen LogP contribution in [0.4, 0.5) is 5.69 Å². The molecule has 0 aliphatic heterocycles. The fraction of sp³-hybridized carbons (Fsp3) is 0. The SMILES string of the molecule is O=Cc1ccc(NC(=O)c2c(Br)c(Br)c(Br)c(Br)c2C(=O)O)cc1. The standard InChI is InChI=1S/C15H7Br4NO4/c16-10-8(9(15(23)24)11(17)13(19)12(10)18)14(22)20-7-3-1-6(5-21)2-4-7/h1-5H,(H,20,22)(H,23,24). The zero-order chi connectivity index (χ0) is 18.0. The fourth-order valence-electron chi connectivity index (χ4n) is 1.88. The minimum atomic E-state index is -1.25. The number of benzene rings is 2. The molecule has 0 saturated carbocycles. The summed E-state index contributed by atoms with van der Waals surface area (Å²) < 4.78 is 1.52. The first kappa shape index (κ1) is 19.3. The number of nitrogens with one attached hydrogen (secondary N) is 1. The van der Waals surface area contributed by atoms with Crippen molar-refractivity contribution in [3.8, 4) is 0 Å². The maximum Gasteiger partial charge on any atom is 0.337 e. The topological polar surface area (TPSA) is 83.5 Å². The quantitative estimate of drug-likeness (QED) is 0.283. The van der Waals surface area contributed by atoms with Crippen molar-refractivity contribution in [3.05, 3.63) is 58.8 Å². The molecule has 0 aliphatic carbocycles. The third-order valence-electron chi connectivity index (χ3n) is 3.01. The van der Waals surface area contributed by atoms with Crippen LogP contribution in [0.1, 0.15) is 31.1 Å². The van der Waals surface area contributed by atoms with E-state index < -0.39 is 11.9 Å². The Labute approximate surface area is 170 Å². The van der Waals surface area contributed by atoms with Crippen molar-refractivity contribution in [1.82, 2.24) is 0 Å². The summed E-state index contributed by atoms with van der Waals surface area (Å²) in [6, 6.07) is 6.20. The molecule has 2 N–H and O–H groups in total. The van der Waals surface area contributed by atoms with Crippen molar-refractivity contribution in [2.45, 2.75) is 0 Å². The van der Waals surface area contributed by atoms with Crippen molar-refractivity contribution in [3.63, 3.8) is 0 Å². The van der Waals surface area contributed by atoms with Crippen LogP contribution in [-0.2, 0) is 0 Å². The van der Waals surface area contributed by atoms with Crippen LogP contribution in [0, 0.1) is 0 Å². The molecule has 0 saturated heterocycles. The highest BCUT2D eigenvalue weighted by Gasteiger charge is 2.27. The van der Waals surface area contributed by atoms with Crippen molar-refractivity contribution < 1.29 is 19.5 Å². The molecule has 0 fully saturated rings. The molecule has 2 rings (SSSR count). The van der Waals surface area contributed by atoms with Gasteiger partial charge in [-0.3, -0.25) is 9.59 Å². The molecule has 0 bridgehead atoms. The molecule has 0 heterocycles. The smallest absolute Gasteiger partial charge is 0.337 e. The molecule has 124 valence electrons. The van der Waals surface area contributed by atoms with E-state index in [0.717, 1.165) is 0 Å². The second kappa shape index (κ2) is 7.90. The van der Waals surface area contributed by atoms with Gasteiger partial charge in [0.2, 0.25) is 0 Å². The highest BCUT2D eigenvalue weighted by Crippen LogP contribution is 2.42. The number of aldehydes is 1. The van der Waals surface area contributed by atoms with E-state index in [1.54, 1.807) is 24.3 Å². The van der Waals surface area contributed by atoms with E-state index in [2.05, 4.69) is 69.0 Å². The average molecular weight is 585 g/mol. The second-order valence-corrected chi connectivity index (χ2v) is 7.68. The molecule has 9 heteroatoms. The maximum atomic E-state index is 12.6. The van der Waals surface area contributed by atoms with E-state index in [1.165, 1.54) is 0 Å². The van der Waals surface area contributed by atoms with Crippen molar-refractivity contribution in [2.75, 3.05) is 5.32 Å². The summed E-state index contributed by atoms with van der Waals surface area (Å²) in [5.41, 5.74) is 0.682. The number of hydrogen-bond acceptors (Lipinski definition) is 3. The lowest BCUT2D eigenvalue weighted by Gasteiger charge is -2.14. The van der Waals surface area contributed by atoms with Crippen molar-refractivity contribution in [2.24, 2.45) is 0 Å². The molecular formula is C15H7Br4NO4. The van der Waals surface area contributed by atoms with Gasteiger partial charge in [0.25, 0.3) is 5.91 Å². The van der Waals surface area contributed by atoms with Gasteiger partial charge in [-0.1, -0.05) is 0 Å². The Morgan fingerprint density at radius 2 is 1.38 bits per heavy atom. The number of rotatable bonds is 4. The number of anilines is 1. The molecule has 5 nitrogen and oxygen atoms in total. The second-order valence-electron chi connectivity index (χ2n) is 4.51. The third kappa shape index (κ3) is 3.79. The van der Waals surface area contributed by atoms with Crippen LogP contribution >= 0.6 is 63.7 Å². The van der Waals surface area contributed by atoms with Gasteiger partial charge in [0.15, 0.2) is 0 Å². The molecular weight excluding hydrogens is 578 g/mol. The number of aromatic carboxylic acids is 1. The largest absolute Gasteiger partial charge is 0.478 e. The summed E-state index contributed by atoms with van der Waals surface area (Å²) in [5.74, 6) is -1.86. The summed E-state index contributed by atoms with van der Waals surface area (Å²) in [6.45, 7) is 0. The number of carboxylic acid groups (broad SMARTS) is 1. The van der Waals surface area contributed by atoms with Gasteiger partial charge < -0.3 is 10.4 Å². The summed E-state index contributed by atoms with van der Waals surface area (Å²) in [7, 11) is 0. The first-order valence-corrected chi connectivity index (χ1v) is 9.41. The highest BCUT2D eigenvalue weighted by molar-refractivity contribution is 9.15. The predicted molar refractivity (Wildman–Crippen MR) is 104 cm³/mol. The molecule has 0 spiro atoms. The Morgan fingerprint density at radius 3 is 1.83 bits per heavy atom. The van der Waals surface area contributed by atoms with Gasteiger partial charge >= 0.3 is 5.97 Å². The molecule has 0 unspecified atom stereocenters. The minimum absolute atomic E-state index is 0.0380. The summed E-state index contributed by atoms with van der Waals surface area (Å²) in [4.78, 5) is 34.9. The Hall–Kier alpha value is -1.03. The van der Waals surface area contributed by atoms with Crippen LogP contribution in [-0.4, -0.2) is 23.3 Å². The lowest BCUT2D eigenvalue weighted by molar-refractivity contribution is 0.0691. The monoisotopic (exact) mass is 581 g/mol. The molecule has 0 radical (unpaired) electrons. The number of carbonyl (C=O) groups excluding carboxylic acids is 2. The first-order valence-electron chi connectivity index (χ1n) is 6.23. The summed E-state index contributed by atoms with van der Waals surface area (Å²) >= 11 is 13.0. The summed E-state index contributed by atoms with van der Waals surface area (Å²) in [6.07, 6.45) is 0.688. The van der Waals surface area contributed by atoms with Gasteiger partial charge in [0, 0.05) is 29.1 Å². The van der Waals surface area contributed by atoms with E-state index >= 15 is 0 Å². The maximum absolute atomic E-state index is 12.6. The van der Waals surface area contributed by atoms with Crippen LogP contribution in [0.3, 0.4) is 0 Å². The highest BCUT2D eigenvalue weighted by atomic mass is 79.9.